The maximum Gasteiger partial charge on any atom is 0.132 e. The molecule has 0 radical (unpaired) electrons. The van der Waals surface area contributed by atoms with Crippen LogP contribution in [0.25, 0.3) is 0 Å². The zero-order chi connectivity index (χ0) is 12.7. The third-order valence-electron chi connectivity index (χ3n) is 2.36. The Morgan fingerprint density at radius 3 is 2.76 bits per heavy atom. The van der Waals surface area contributed by atoms with Crippen LogP contribution in [0.4, 0.5) is 0 Å². The van der Waals surface area contributed by atoms with Crippen molar-refractivity contribution in [3.05, 3.63) is 24.3 Å². The molecule has 1 aromatic carbocycles. The molecule has 3 nitrogen and oxygen atoms in total. The molecule has 0 aromatic heterocycles. The largest absolute Gasteiger partial charge is 0.489 e. The smallest absolute Gasteiger partial charge is 0.132 e. The third-order valence-corrected chi connectivity index (χ3v) is 3.14. The minimum atomic E-state index is -0.846. The fourth-order valence-electron chi connectivity index (χ4n) is 1.42. The van der Waals surface area contributed by atoms with Gasteiger partial charge in [0.25, 0.3) is 0 Å². The van der Waals surface area contributed by atoms with Crippen molar-refractivity contribution in [1.29, 1.82) is 0 Å². The summed E-state index contributed by atoms with van der Waals surface area (Å²) in [5.74, 6) is 0.830. The van der Waals surface area contributed by atoms with Crippen molar-refractivity contribution in [3.63, 3.8) is 0 Å². The van der Waals surface area contributed by atoms with Crippen LogP contribution < -0.4 is 10.1 Å². The summed E-state index contributed by atoms with van der Waals surface area (Å²) in [6, 6.07) is 7.86. The first kappa shape index (κ1) is 14.4. The zero-order valence-corrected chi connectivity index (χ0v) is 11.5. The first-order valence-electron chi connectivity index (χ1n) is 5.78. The number of thioether (sulfide) groups is 1. The van der Waals surface area contributed by atoms with Crippen molar-refractivity contribution in [3.8, 4) is 5.75 Å². The van der Waals surface area contributed by atoms with Gasteiger partial charge in [-0.2, -0.15) is 0 Å². The van der Waals surface area contributed by atoms with E-state index in [1.165, 1.54) is 0 Å². The lowest BCUT2D eigenvalue weighted by Gasteiger charge is -2.24. The van der Waals surface area contributed by atoms with Crippen molar-refractivity contribution in [2.75, 3.05) is 26.0 Å². The molecule has 17 heavy (non-hydrogen) atoms. The van der Waals surface area contributed by atoms with Crippen LogP contribution in [0.15, 0.2) is 29.2 Å². The number of aliphatic hydroxyl groups is 1. The van der Waals surface area contributed by atoms with Crippen LogP contribution >= 0.6 is 11.8 Å². The van der Waals surface area contributed by atoms with Crippen molar-refractivity contribution in [2.24, 2.45) is 0 Å². The van der Waals surface area contributed by atoms with Gasteiger partial charge in [-0.05, 0) is 31.9 Å². The topological polar surface area (TPSA) is 41.5 Å². The van der Waals surface area contributed by atoms with E-state index < -0.39 is 5.60 Å². The number of rotatable bonds is 7. The number of para-hydroxylation sites is 1. The van der Waals surface area contributed by atoms with Gasteiger partial charge in [0, 0.05) is 11.4 Å². The molecule has 0 amide bonds. The minimum Gasteiger partial charge on any atom is -0.489 e. The fraction of sp³-hybridized carbons (Fsp3) is 0.538. The maximum absolute atomic E-state index is 10.1. The Labute approximate surface area is 108 Å². The lowest BCUT2D eigenvalue weighted by atomic mass is 10.1. The molecule has 1 atom stereocenters. The van der Waals surface area contributed by atoms with Gasteiger partial charge in [0.1, 0.15) is 18.0 Å². The van der Waals surface area contributed by atoms with Crippen molar-refractivity contribution >= 4 is 11.8 Å². The summed E-state index contributed by atoms with van der Waals surface area (Å²) >= 11 is 1.64. The number of likely N-dealkylation sites (N-methyl/N-ethyl adjacent to an activating group) is 1. The normalized spacial score (nSPS) is 14.4. The van der Waals surface area contributed by atoms with Crippen LogP contribution in [0.1, 0.15) is 13.8 Å². The molecule has 0 fully saturated rings. The van der Waals surface area contributed by atoms with Gasteiger partial charge in [0.05, 0.1) is 0 Å². The number of ether oxygens (including phenoxy) is 1. The molecule has 0 aliphatic rings. The monoisotopic (exact) mass is 255 g/mol. The number of hydrogen-bond donors (Lipinski definition) is 2. The quantitative estimate of drug-likeness (QED) is 0.733. The molecule has 96 valence electrons. The minimum absolute atomic E-state index is 0.289. The first-order valence-corrected chi connectivity index (χ1v) is 7.00. The van der Waals surface area contributed by atoms with Crippen LogP contribution in [0.2, 0.25) is 0 Å². The van der Waals surface area contributed by atoms with Gasteiger partial charge >= 0.3 is 0 Å². The van der Waals surface area contributed by atoms with E-state index in [-0.39, 0.29) is 6.61 Å². The lowest BCUT2D eigenvalue weighted by Crippen LogP contribution is -2.42. The predicted octanol–water partition coefficient (Wildman–Crippen LogP) is 2.15. The molecule has 4 heteroatoms. The van der Waals surface area contributed by atoms with E-state index >= 15 is 0 Å². The molecular formula is C13H21NO2S. The van der Waals surface area contributed by atoms with Gasteiger partial charge < -0.3 is 15.2 Å². The molecule has 1 aromatic rings. The van der Waals surface area contributed by atoms with E-state index in [9.17, 15) is 5.11 Å². The fourth-order valence-corrected chi connectivity index (χ4v) is 1.96. The molecule has 0 bridgehead atoms. The van der Waals surface area contributed by atoms with Crippen LogP contribution in [-0.2, 0) is 0 Å². The van der Waals surface area contributed by atoms with Gasteiger partial charge in [-0.15, -0.1) is 11.8 Å². The van der Waals surface area contributed by atoms with Gasteiger partial charge in [-0.1, -0.05) is 19.1 Å². The van der Waals surface area contributed by atoms with E-state index in [1.807, 2.05) is 37.4 Å². The summed E-state index contributed by atoms with van der Waals surface area (Å²) in [7, 11) is 0. The Bertz CT molecular complexity index is 342. The molecule has 0 aliphatic carbocycles. The molecule has 1 unspecified atom stereocenters. The third kappa shape index (κ3) is 4.98. The van der Waals surface area contributed by atoms with Gasteiger partial charge in [0.15, 0.2) is 0 Å². The first-order chi connectivity index (χ1) is 8.09. The predicted molar refractivity (Wildman–Crippen MR) is 72.9 cm³/mol. The highest BCUT2D eigenvalue weighted by Crippen LogP contribution is 2.27. The lowest BCUT2D eigenvalue weighted by molar-refractivity contribution is 0.0119. The highest BCUT2D eigenvalue weighted by atomic mass is 32.2. The number of hydrogen-bond acceptors (Lipinski definition) is 4. The van der Waals surface area contributed by atoms with E-state index in [0.717, 1.165) is 17.2 Å². The van der Waals surface area contributed by atoms with Crippen LogP contribution in [0, 0.1) is 0 Å². The maximum atomic E-state index is 10.1. The summed E-state index contributed by atoms with van der Waals surface area (Å²) in [5.41, 5.74) is -0.846. The van der Waals surface area contributed by atoms with Gasteiger partial charge in [0.2, 0.25) is 0 Å². The Hall–Kier alpha value is -0.710. The molecule has 2 N–H and O–H groups in total. The van der Waals surface area contributed by atoms with Crippen LogP contribution in [-0.4, -0.2) is 36.7 Å². The van der Waals surface area contributed by atoms with E-state index in [4.69, 9.17) is 4.74 Å². The zero-order valence-electron chi connectivity index (χ0n) is 10.7. The Morgan fingerprint density at radius 2 is 2.12 bits per heavy atom. The Balaban J connectivity index is 2.54. The van der Waals surface area contributed by atoms with Crippen molar-refractivity contribution in [1.82, 2.24) is 5.32 Å². The second-order valence-corrected chi connectivity index (χ2v) is 5.06. The highest BCUT2D eigenvalue weighted by molar-refractivity contribution is 7.98. The van der Waals surface area contributed by atoms with E-state index in [1.54, 1.807) is 18.7 Å². The SMILES string of the molecule is CCNCC(C)(O)COc1ccccc1SC. The molecule has 0 heterocycles. The Morgan fingerprint density at radius 1 is 1.41 bits per heavy atom. The summed E-state index contributed by atoms with van der Waals surface area (Å²) in [6.45, 7) is 5.46. The van der Waals surface area contributed by atoms with Gasteiger partial charge in [-0.3, -0.25) is 0 Å². The average Bonchev–Trinajstić information content (AvgIpc) is 2.34. The highest BCUT2D eigenvalue weighted by Gasteiger charge is 2.21. The number of benzene rings is 1. The summed E-state index contributed by atoms with van der Waals surface area (Å²) in [5, 5.41) is 13.2. The van der Waals surface area contributed by atoms with Crippen LogP contribution in [0.5, 0.6) is 5.75 Å². The number of nitrogens with one attached hydrogen (secondary N) is 1. The Kier molecular flexibility index (Phi) is 5.82. The van der Waals surface area contributed by atoms with Crippen LogP contribution in [0.3, 0.4) is 0 Å². The summed E-state index contributed by atoms with van der Waals surface area (Å²) < 4.78 is 5.68. The molecule has 0 aliphatic heterocycles. The molecule has 1 rings (SSSR count). The van der Waals surface area contributed by atoms with Gasteiger partial charge in [-0.25, -0.2) is 0 Å². The second kappa shape index (κ2) is 6.89. The van der Waals surface area contributed by atoms with E-state index in [0.29, 0.717) is 6.54 Å². The second-order valence-electron chi connectivity index (χ2n) is 4.22. The van der Waals surface area contributed by atoms with Crippen molar-refractivity contribution < 1.29 is 9.84 Å². The molecule has 0 saturated carbocycles. The average molecular weight is 255 g/mol. The van der Waals surface area contributed by atoms with E-state index in [2.05, 4.69) is 5.32 Å². The summed E-state index contributed by atoms with van der Waals surface area (Å²) in [6.07, 6.45) is 2.01. The molecule has 0 spiro atoms. The molecule has 0 saturated heterocycles. The molecular weight excluding hydrogens is 234 g/mol. The van der Waals surface area contributed by atoms with Crippen molar-refractivity contribution in [2.45, 2.75) is 24.3 Å². The standard InChI is InChI=1S/C13H21NO2S/c1-4-14-9-13(2,15)10-16-11-7-5-6-8-12(11)17-3/h5-8,14-15H,4,9-10H2,1-3H3. The summed E-state index contributed by atoms with van der Waals surface area (Å²) in [4.78, 5) is 1.09.